The Morgan fingerprint density at radius 3 is 1.13 bits per heavy atom. The molecule has 332 valence electrons. The molecule has 0 aromatic heterocycles. The van der Waals surface area contributed by atoms with Crippen molar-refractivity contribution >= 4 is 11.6 Å². The maximum atomic E-state index is 15.2. The minimum atomic E-state index is -2.01. The van der Waals surface area contributed by atoms with Gasteiger partial charge in [0, 0.05) is 47.9 Å². The summed E-state index contributed by atoms with van der Waals surface area (Å²) in [6, 6.07) is 14.3. The number of phenols is 6. The van der Waals surface area contributed by atoms with E-state index in [-0.39, 0.29) is 11.5 Å². The number of aromatic hydroxyl groups is 6. The third-order valence-corrected chi connectivity index (χ3v) is 11.5. The van der Waals surface area contributed by atoms with Crippen LogP contribution in [0.4, 0.5) is 0 Å². The van der Waals surface area contributed by atoms with Gasteiger partial charge in [0.1, 0.15) is 106 Å². The molecule has 14 atom stereocenters. The van der Waals surface area contributed by atoms with Gasteiger partial charge in [0.2, 0.25) is 12.6 Å². The van der Waals surface area contributed by atoms with E-state index in [1.807, 2.05) is 0 Å². The van der Waals surface area contributed by atoms with Crippen LogP contribution in [-0.4, -0.2) is 158 Å². The summed E-state index contributed by atoms with van der Waals surface area (Å²) in [5, 5.41) is 147. The number of phenolic OH excluding ortho intramolecular Hbond substituents is 6. The minimum absolute atomic E-state index is 0.167. The molecule has 4 aromatic rings. The summed E-state index contributed by atoms with van der Waals surface area (Å²) in [5.41, 5.74) is -0.678. The molecule has 3 aliphatic rings. The number of aliphatic hydroxyl groups excluding tert-OH is 8. The van der Waals surface area contributed by atoms with Crippen molar-refractivity contribution in [1.29, 1.82) is 0 Å². The molecule has 7 rings (SSSR count). The summed E-state index contributed by atoms with van der Waals surface area (Å²) in [6.07, 6.45) is -18.3. The molecule has 14 N–H and O–H groups in total. The first-order valence-electron chi connectivity index (χ1n) is 19.2. The Morgan fingerprint density at radius 1 is 0.468 bits per heavy atom. The summed E-state index contributed by atoms with van der Waals surface area (Å²) in [7, 11) is 0. The van der Waals surface area contributed by atoms with E-state index in [1.54, 1.807) is 0 Å². The molecular weight excluding hydrogens is 824 g/mol. The zero-order valence-corrected chi connectivity index (χ0v) is 32.1. The van der Waals surface area contributed by atoms with Gasteiger partial charge in [-0.2, -0.15) is 0 Å². The lowest BCUT2D eigenvalue weighted by Gasteiger charge is -2.51. The molecule has 20 nitrogen and oxygen atoms in total. The number of ether oxygens (including phenoxy) is 4. The van der Waals surface area contributed by atoms with E-state index in [1.165, 1.54) is 48.5 Å². The number of carbonyl (C=O) groups excluding carboxylic acids is 2. The average Bonchev–Trinajstić information content (AvgIpc) is 3.21. The van der Waals surface area contributed by atoms with Crippen LogP contribution in [0.2, 0.25) is 0 Å². The molecule has 0 bridgehead atoms. The highest BCUT2D eigenvalue weighted by Gasteiger charge is 2.59. The highest BCUT2D eigenvalue weighted by atomic mass is 16.7. The van der Waals surface area contributed by atoms with E-state index >= 15 is 9.59 Å². The summed E-state index contributed by atoms with van der Waals surface area (Å²) in [4.78, 5) is 30.5. The molecule has 20 heteroatoms. The Kier molecular flexibility index (Phi) is 12.5. The van der Waals surface area contributed by atoms with Crippen molar-refractivity contribution < 1.29 is 100 Å². The van der Waals surface area contributed by atoms with Crippen LogP contribution in [-0.2, 0) is 9.47 Å². The van der Waals surface area contributed by atoms with Crippen molar-refractivity contribution in [2.24, 2.45) is 11.8 Å². The molecule has 0 radical (unpaired) electrons. The van der Waals surface area contributed by atoms with Crippen molar-refractivity contribution in [3.63, 3.8) is 0 Å². The van der Waals surface area contributed by atoms with Crippen molar-refractivity contribution in [3.05, 3.63) is 95.1 Å². The van der Waals surface area contributed by atoms with Gasteiger partial charge < -0.3 is 90.4 Å². The van der Waals surface area contributed by atoms with E-state index < -0.39 is 155 Å². The van der Waals surface area contributed by atoms with Gasteiger partial charge in [0.25, 0.3) is 0 Å². The van der Waals surface area contributed by atoms with E-state index in [2.05, 4.69) is 0 Å². The molecule has 2 heterocycles. The van der Waals surface area contributed by atoms with Crippen molar-refractivity contribution in [1.82, 2.24) is 0 Å². The van der Waals surface area contributed by atoms with E-state index in [0.717, 1.165) is 24.3 Å². The van der Waals surface area contributed by atoms with Crippen molar-refractivity contribution in [3.8, 4) is 46.0 Å². The number of rotatable bonds is 12. The van der Waals surface area contributed by atoms with Crippen LogP contribution in [0.5, 0.6) is 46.0 Å². The summed E-state index contributed by atoms with van der Waals surface area (Å²) >= 11 is 0. The topological polar surface area (TPSA) is 354 Å². The second-order valence-corrected chi connectivity index (χ2v) is 15.3. The zero-order chi connectivity index (χ0) is 44.9. The molecule has 62 heavy (non-hydrogen) atoms. The number of ketones is 2. The van der Waals surface area contributed by atoms with Gasteiger partial charge in [-0.15, -0.1) is 0 Å². The standard InChI is InChI=1S/C42H44O20/c43-13-25-33(51)37(55)39(57)41(61-25)59-23-11-19(47)9-21(49)29(23)35(53)31-27(15-1-5-17(45)6-2-15)28(16-3-7-18(46)8-4-16)32(31)36(54)30-22(50)10-20(48)12-24(30)60-42-40(58)38(56)34(52)26(14-44)62-42/h1-12,25-28,31-34,37-52,55-58H,13-14H2/t25-,26-,27-,28-,31+,32+,33-,34-,37+,38+,39-,40-,41-,42-/m1/s1. The number of Topliss-reactive ketones (excluding diaryl/α,β-unsaturated/α-hetero) is 2. The largest absolute Gasteiger partial charge is 0.508 e. The first-order valence-corrected chi connectivity index (χ1v) is 19.2. The molecule has 0 amide bonds. The maximum absolute atomic E-state index is 15.2. The predicted molar refractivity (Wildman–Crippen MR) is 206 cm³/mol. The Bertz CT molecular complexity index is 2100. The molecule has 4 aromatic carbocycles. The number of hydrogen-bond acceptors (Lipinski definition) is 20. The molecule has 0 spiro atoms. The van der Waals surface area contributed by atoms with Crippen LogP contribution < -0.4 is 9.47 Å². The van der Waals surface area contributed by atoms with Crippen LogP contribution in [0.1, 0.15) is 43.7 Å². The van der Waals surface area contributed by atoms with Gasteiger partial charge in [-0.3, -0.25) is 9.59 Å². The highest BCUT2D eigenvalue weighted by Crippen LogP contribution is 2.61. The fourth-order valence-electron chi connectivity index (χ4n) is 8.39. The van der Waals surface area contributed by atoms with Gasteiger partial charge in [-0.1, -0.05) is 24.3 Å². The van der Waals surface area contributed by atoms with Gasteiger partial charge in [0.15, 0.2) is 11.6 Å². The number of benzene rings is 4. The van der Waals surface area contributed by atoms with E-state index in [4.69, 9.17) is 18.9 Å². The van der Waals surface area contributed by atoms with Crippen LogP contribution in [0, 0.1) is 11.8 Å². The molecule has 2 saturated heterocycles. The molecule has 0 unspecified atom stereocenters. The Morgan fingerprint density at radius 2 is 0.806 bits per heavy atom. The monoisotopic (exact) mass is 868 g/mol. The van der Waals surface area contributed by atoms with Crippen LogP contribution in [0.15, 0.2) is 72.8 Å². The van der Waals surface area contributed by atoms with Crippen molar-refractivity contribution in [2.45, 2.75) is 73.2 Å². The molecule has 3 fully saturated rings. The second kappa shape index (κ2) is 17.5. The van der Waals surface area contributed by atoms with E-state index in [0.29, 0.717) is 11.1 Å². The quantitative estimate of drug-likeness (QED) is 0.0772. The predicted octanol–water partition coefficient (Wildman–Crippen LogP) is -0.843. The first-order chi connectivity index (χ1) is 29.4. The van der Waals surface area contributed by atoms with Crippen LogP contribution >= 0.6 is 0 Å². The SMILES string of the molecule is O=C(c1c(O)cc(O)cc1O[C@@H]1O[C@H](CO)[C@@H](O)[C@H](O)[C@H]1O)[C@@H]1[C@@H](C(=O)c2c(O)cc(O)cc2O[C@@H]2O[C@H](CO)[C@@H](O)[C@H](O)[C@H]2O)[C@H](c2ccc(O)cc2)[C@H]1c1ccc(O)cc1. The summed E-state index contributed by atoms with van der Waals surface area (Å²) < 4.78 is 22.4. The minimum Gasteiger partial charge on any atom is -0.508 e. The zero-order valence-electron chi connectivity index (χ0n) is 32.1. The molecule has 1 saturated carbocycles. The lowest BCUT2D eigenvalue weighted by atomic mass is 9.49. The maximum Gasteiger partial charge on any atom is 0.229 e. The molecule has 1 aliphatic carbocycles. The second-order valence-electron chi connectivity index (χ2n) is 15.3. The van der Waals surface area contributed by atoms with Crippen LogP contribution in [0.3, 0.4) is 0 Å². The van der Waals surface area contributed by atoms with Gasteiger partial charge in [-0.25, -0.2) is 0 Å². The lowest BCUT2D eigenvalue weighted by molar-refractivity contribution is -0.277. The van der Waals surface area contributed by atoms with Gasteiger partial charge in [-0.05, 0) is 35.4 Å². The normalized spacial score (nSPS) is 32.1. The summed E-state index contributed by atoms with van der Waals surface area (Å²) in [5.74, 6) is -12.2. The number of aliphatic hydroxyl groups is 8. The number of carbonyl (C=O) groups is 2. The van der Waals surface area contributed by atoms with E-state index in [9.17, 15) is 71.5 Å². The van der Waals surface area contributed by atoms with Gasteiger partial charge >= 0.3 is 0 Å². The molecular formula is C42H44O20. The third-order valence-electron chi connectivity index (χ3n) is 11.5. The average molecular weight is 869 g/mol. The molecule has 2 aliphatic heterocycles. The van der Waals surface area contributed by atoms with Crippen LogP contribution in [0.25, 0.3) is 0 Å². The van der Waals surface area contributed by atoms with Gasteiger partial charge in [0.05, 0.1) is 13.2 Å². The Labute approximate surface area is 350 Å². The number of hydrogen-bond donors (Lipinski definition) is 14. The summed E-state index contributed by atoms with van der Waals surface area (Å²) in [6.45, 7) is -1.71. The van der Waals surface area contributed by atoms with Crippen molar-refractivity contribution in [2.75, 3.05) is 13.2 Å². The first kappa shape index (κ1) is 44.3. The Balaban J connectivity index is 1.37. The lowest BCUT2D eigenvalue weighted by Crippen LogP contribution is -2.60. The highest BCUT2D eigenvalue weighted by molar-refractivity contribution is 6.11. The fraction of sp³-hybridized carbons (Fsp3) is 0.381. The fourth-order valence-corrected chi connectivity index (χ4v) is 8.39. The smallest absolute Gasteiger partial charge is 0.229 e. The third kappa shape index (κ3) is 8.04. The Hall–Kier alpha value is -5.78.